The molecule has 0 saturated carbocycles. The van der Waals surface area contributed by atoms with Crippen molar-refractivity contribution >= 4 is 11.7 Å². The maximum absolute atomic E-state index is 12.1. The Morgan fingerprint density at radius 3 is 2.43 bits per heavy atom. The third-order valence-corrected chi connectivity index (χ3v) is 3.93. The molecule has 3 rings (SSSR count). The Kier molecular flexibility index (Phi) is 5.64. The number of non-ortho nitro benzene ring substituents is 1. The molecule has 0 aliphatic rings. The third kappa shape index (κ3) is 4.50. The highest BCUT2D eigenvalue weighted by molar-refractivity contribution is 5.72. The summed E-state index contributed by atoms with van der Waals surface area (Å²) in [6.45, 7) is 1.62. The monoisotopic (exact) mass is 383 g/mol. The Bertz CT molecular complexity index is 966. The smallest absolute Gasteiger partial charge is 0.311 e. The predicted octanol–water partition coefficient (Wildman–Crippen LogP) is 3.50. The number of carbonyl (C=O) groups excluding carboxylic acids is 1. The van der Waals surface area contributed by atoms with Crippen molar-refractivity contribution in [2.24, 2.45) is 0 Å². The molecule has 0 radical (unpaired) electrons. The quantitative estimate of drug-likeness (QED) is 0.346. The highest BCUT2D eigenvalue weighted by Gasteiger charge is 2.19. The van der Waals surface area contributed by atoms with Crippen molar-refractivity contribution in [3.63, 3.8) is 0 Å². The molecule has 1 aromatic heterocycles. The zero-order valence-corrected chi connectivity index (χ0v) is 15.2. The fraction of sp³-hybridized carbons (Fsp3) is 0.211. The Hall–Kier alpha value is -3.75. The highest BCUT2D eigenvalue weighted by atomic mass is 16.6. The van der Waals surface area contributed by atoms with Gasteiger partial charge in [-0.25, -0.2) is 0 Å². The first-order valence-corrected chi connectivity index (χ1v) is 8.37. The predicted molar refractivity (Wildman–Crippen MR) is 97.6 cm³/mol. The van der Waals surface area contributed by atoms with Crippen molar-refractivity contribution in [1.82, 2.24) is 10.2 Å². The van der Waals surface area contributed by atoms with E-state index in [1.165, 1.54) is 24.3 Å². The van der Waals surface area contributed by atoms with Gasteiger partial charge in [0.15, 0.2) is 6.10 Å². The fourth-order valence-electron chi connectivity index (χ4n) is 2.44. The number of hydrogen-bond donors (Lipinski definition) is 0. The number of methoxy groups -OCH3 is 1. The third-order valence-electron chi connectivity index (χ3n) is 3.93. The normalized spacial score (nSPS) is 11.6. The number of hydrogen-bond acceptors (Lipinski definition) is 8. The second-order valence-electron chi connectivity index (χ2n) is 5.91. The lowest BCUT2D eigenvalue weighted by Crippen LogP contribution is -2.11. The van der Waals surface area contributed by atoms with Crippen LogP contribution in [0.4, 0.5) is 5.69 Å². The molecule has 3 aromatic rings. The number of nitro benzene ring substituents is 1. The number of ether oxygens (including phenoxy) is 2. The van der Waals surface area contributed by atoms with Gasteiger partial charge in [0.05, 0.1) is 18.5 Å². The van der Waals surface area contributed by atoms with Gasteiger partial charge in [-0.1, -0.05) is 12.1 Å². The Morgan fingerprint density at radius 1 is 1.14 bits per heavy atom. The van der Waals surface area contributed by atoms with Crippen LogP contribution in [0.25, 0.3) is 11.5 Å². The molecule has 0 saturated heterocycles. The average Bonchev–Trinajstić information content (AvgIpc) is 3.19. The van der Waals surface area contributed by atoms with Gasteiger partial charge < -0.3 is 13.9 Å². The van der Waals surface area contributed by atoms with Crippen LogP contribution in [0.3, 0.4) is 0 Å². The van der Waals surface area contributed by atoms with Gasteiger partial charge in [0.25, 0.3) is 11.6 Å². The molecule has 0 amide bonds. The molecule has 0 aliphatic heterocycles. The van der Waals surface area contributed by atoms with E-state index >= 15 is 0 Å². The number of aromatic nitrogens is 2. The van der Waals surface area contributed by atoms with Gasteiger partial charge in [-0.05, 0) is 36.8 Å². The first-order valence-electron chi connectivity index (χ1n) is 8.37. The summed E-state index contributed by atoms with van der Waals surface area (Å²) in [7, 11) is 1.57. The second kappa shape index (κ2) is 8.30. The van der Waals surface area contributed by atoms with Crippen LogP contribution in [0.1, 0.15) is 24.5 Å². The summed E-state index contributed by atoms with van der Waals surface area (Å²) >= 11 is 0. The summed E-state index contributed by atoms with van der Waals surface area (Å²) in [5, 5.41) is 18.5. The van der Waals surface area contributed by atoms with E-state index in [4.69, 9.17) is 13.9 Å². The van der Waals surface area contributed by atoms with Crippen molar-refractivity contribution in [2.45, 2.75) is 19.4 Å². The van der Waals surface area contributed by atoms with Gasteiger partial charge in [-0.3, -0.25) is 14.9 Å². The molecule has 2 aromatic carbocycles. The molecular formula is C19H17N3O6. The minimum atomic E-state index is -0.731. The maximum Gasteiger partial charge on any atom is 0.311 e. The number of rotatable bonds is 7. The standard InChI is InChI=1S/C19H17N3O6/c1-12(27-17(23)11-13-3-9-16(26-2)10-4-13)18-20-21-19(28-18)14-5-7-15(8-6-14)22(24)25/h3-10,12H,11H2,1-2H3/t12-/m0/s1. The van der Waals surface area contributed by atoms with E-state index in [1.807, 2.05) is 0 Å². The van der Waals surface area contributed by atoms with Crippen molar-refractivity contribution in [2.75, 3.05) is 7.11 Å². The molecule has 0 spiro atoms. The zero-order valence-electron chi connectivity index (χ0n) is 15.2. The summed E-state index contributed by atoms with van der Waals surface area (Å²) < 4.78 is 15.9. The first kappa shape index (κ1) is 19.0. The molecule has 0 unspecified atom stereocenters. The van der Waals surface area contributed by atoms with Crippen LogP contribution in [0.2, 0.25) is 0 Å². The van der Waals surface area contributed by atoms with Crippen LogP contribution in [0, 0.1) is 10.1 Å². The Morgan fingerprint density at radius 2 is 1.82 bits per heavy atom. The van der Waals surface area contributed by atoms with E-state index in [2.05, 4.69) is 10.2 Å². The van der Waals surface area contributed by atoms with Gasteiger partial charge in [-0.15, -0.1) is 10.2 Å². The second-order valence-corrected chi connectivity index (χ2v) is 5.91. The molecule has 144 valence electrons. The lowest BCUT2D eigenvalue weighted by atomic mass is 10.1. The average molecular weight is 383 g/mol. The van der Waals surface area contributed by atoms with Crippen LogP contribution >= 0.6 is 0 Å². The van der Waals surface area contributed by atoms with Gasteiger partial charge in [-0.2, -0.15) is 0 Å². The van der Waals surface area contributed by atoms with Gasteiger partial charge in [0, 0.05) is 17.7 Å². The van der Waals surface area contributed by atoms with Gasteiger partial charge in [0.2, 0.25) is 5.89 Å². The lowest BCUT2D eigenvalue weighted by molar-refractivity contribution is -0.384. The molecule has 0 aliphatic carbocycles. The molecule has 28 heavy (non-hydrogen) atoms. The molecular weight excluding hydrogens is 366 g/mol. The van der Waals surface area contributed by atoms with Crippen LogP contribution in [0.15, 0.2) is 52.9 Å². The minimum absolute atomic E-state index is 0.0377. The number of carbonyl (C=O) groups is 1. The molecule has 0 fully saturated rings. The molecule has 9 heteroatoms. The number of nitrogens with zero attached hydrogens (tertiary/aromatic N) is 3. The Balaban J connectivity index is 1.62. The number of benzene rings is 2. The van der Waals surface area contributed by atoms with Crippen molar-refractivity contribution in [3.8, 4) is 17.2 Å². The fourth-order valence-corrected chi connectivity index (χ4v) is 2.44. The summed E-state index contributed by atoms with van der Waals surface area (Å²) in [5.41, 5.74) is 1.28. The van der Waals surface area contributed by atoms with Crippen molar-refractivity contribution in [1.29, 1.82) is 0 Å². The Labute approximate surface area is 160 Å². The highest BCUT2D eigenvalue weighted by Crippen LogP contribution is 2.24. The van der Waals surface area contributed by atoms with E-state index in [-0.39, 0.29) is 23.9 Å². The van der Waals surface area contributed by atoms with Crippen molar-refractivity contribution in [3.05, 3.63) is 70.1 Å². The molecule has 1 atom stereocenters. The largest absolute Gasteiger partial charge is 0.497 e. The van der Waals surface area contributed by atoms with Gasteiger partial charge in [0.1, 0.15) is 5.75 Å². The molecule has 1 heterocycles. The minimum Gasteiger partial charge on any atom is -0.497 e. The summed E-state index contributed by atoms with van der Waals surface area (Å²) in [4.78, 5) is 22.3. The van der Waals surface area contributed by atoms with Crippen LogP contribution in [0.5, 0.6) is 5.75 Å². The zero-order chi connectivity index (χ0) is 20.1. The summed E-state index contributed by atoms with van der Waals surface area (Å²) in [5.74, 6) is 0.585. The van der Waals surface area contributed by atoms with Crippen LogP contribution in [-0.2, 0) is 16.0 Å². The van der Waals surface area contributed by atoms with Gasteiger partial charge >= 0.3 is 5.97 Å². The van der Waals surface area contributed by atoms with E-state index in [9.17, 15) is 14.9 Å². The SMILES string of the molecule is COc1ccc(CC(=O)O[C@@H](C)c2nnc(-c3ccc([N+](=O)[O-])cc3)o2)cc1. The van der Waals surface area contributed by atoms with E-state index in [0.29, 0.717) is 11.3 Å². The van der Waals surface area contributed by atoms with E-state index < -0.39 is 17.0 Å². The van der Waals surface area contributed by atoms with Crippen LogP contribution in [-0.4, -0.2) is 28.2 Å². The lowest BCUT2D eigenvalue weighted by Gasteiger charge is -2.09. The molecule has 0 N–H and O–H groups in total. The van der Waals surface area contributed by atoms with Crippen LogP contribution < -0.4 is 4.74 Å². The number of esters is 1. The summed E-state index contributed by atoms with van der Waals surface area (Å²) in [6.07, 6.45) is -0.637. The maximum atomic E-state index is 12.1. The molecule has 9 nitrogen and oxygen atoms in total. The summed E-state index contributed by atoms with van der Waals surface area (Å²) in [6, 6.07) is 12.8. The first-order chi connectivity index (χ1) is 13.5. The number of nitro groups is 1. The topological polar surface area (TPSA) is 118 Å². The van der Waals surface area contributed by atoms with E-state index in [1.54, 1.807) is 38.3 Å². The molecule has 0 bridgehead atoms. The van der Waals surface area contributed by atoms with Crippen molar-refractivity contribution < 1.29 is 23.6 Å². The van der Waals surface area contributed by atoms with E-state index in [0.717, 1.165) is 5.56 Å².